The third-order valence-corrected chi connectivity index (χ3v) is 4.52. The van der Waals surface area contributed by atoms with Crippen LogP contribution in [-0.4, -0.2) is 34.2 Å². The van der Waals surface area contributed by atoms with Crippen LogP contribution in [0.4, 0.5) is 11.4 Å². The van der Waals surface area contributed by atoms with E-state index in [4.69, 9.17) is 15.6 Å². The van der Waals surface area contributed by atoms with Gasteiger partial charge in [-0.25, -0.2) is 13.6 Å². The molecule has 1 aliphatic rings. The zero-order valence-electron chi connectivity index (χ0n) is 12.3. The lowest BCUT2D eigenvalue weighted by molar-refractivity contribution is 0.0441. The molecular weight excluding hydrogens is 290 g/mol. The van der Waals surface area contributed by atoms with Crippen LogP contribution < -0.4 is 15.8 Å². The number of rotatable bonds is 5. The largest absolute Gasteiger partial charge is 0.397 e. The lowest BCUT2D eigenvalue weighted by Gasteiger charge is -2.35. The quantitative estimate of drug-likeness (QED) is 0.799. The molecule has 4 N–H and O–H groups in total. The highest BCUT2D eigenvalue weighted by molar-refractivity contribution is 7.89. The van der Waals surface area contributed by atoms with Crippen molar-refractivity contribution in [2.24, 2.45) is 5.14 Å². The second-order valence-corrected chi connectivity index (χ2v) is 6.91. The lowest BCUT2D eigenvalue weighted by atomic mass is 10.1. The minimum absolute atomic E-state index is 0.0412. The number of anilines is 2. The maximum atomic E-state index is 11.3. The van der Waals surface area contributed by atoms with Crippen molar-refractivity contribution in [1.29, 1.82) is 0 Å². The first-order chi connectivity index (χ1) is 9.91. The monoisotopic (exact) mass is 313 g/mol. The van der Waals surface area contributed by atoms with Crippen LogP contribution in [0.3, 0.4) is 0 Å². The molecule has 1 atom stereocenters. The molecule has 1 aliphatic heterocycles. The Bertz CT molecular complexity index is 589. The van der Waals surface area contributed by atoms with Crippen LogP contribution in [0.25, 0.3) is 0 Å². The summed E-state index contributed by atoms with van der Waals surface area (Å²) in [6.45, 7) is 4.52. The summed E-state index contributed by atoms with van der Waals surface area (Å²) in [7, 11) is -3.72. The smallest absolute Gasteiger partial charge is 0.238 e. The summed E-state index contributed by atoms with van der Waals surface area (Å²) in [6.07, 6.45) is 3.29. The van der Waals surface area contributed by atoms with Crippen molar-refractivity contribution in [2.75, 3.05) is 30.3 Å². The van der Waals surface area contributed by atoms with Crippen molar-refractivity contribution >= 4 is 21.4 Å². The molecule has 1 aromatic carbocycles. The predicted molar refractivity (Wildman–Crippen MR) is 83.7 cm³/mol. The van der Waals surface area contributed by atoms with Gasteiger partial charge >= 0.3 is 0 Å². The van der Waals surface area contributed by atoms with Crippen molar-refractivity contribution in [2.45, 2.75) is 37.2 Å². The molecule has 118 valence electrons. The van der Waals surface area contributed by atoms with Gasteiger partial charge in [-0.3, -0.25) is 0 Å². The molecule has 0 radical (unpaired) electrons. The number of ether oxygens (including phenoxy) is 1. The Morgan fingerprint density at radius 3 is 2.81 bits per heavy atom. The van der Waals surface area contributed by atoms with E-state index in [1.807, 2.05) is 0 Å². The Kier molecular flexibility index (Phi) is 5.08. The van der Waals surface area contributed by atoms with E-state index in [0.717, 1.165) is 44.6 Å². The number of nitrogens with two attached hydrogens (primary N) is 2. The molecule has 1 fully saturated rings. The molecule has 1 saturated heterocycles. The minimum Gasteiger partial charge on any atom is -0.397 e. The summed E-state index contributed by atoms with van der Waals surface area (Å²) in [6, 6.07) is 4.63. The summed E-state index contributed by atoms with van der Waals surface area (Å²) in [5.41, 5.74) is 7.26. The molecule has 1 unspecified atom stereocenters. The van der Waals surface area contributed by atoms with Gasteiger partial charge in [0.2, 0.25) is 10.0 Å². The van der Waals surface area contributed by atoms with Crippen molar-refractivity contribution in [3.8, 4) is 0 Å². The van der Waals surface area contributed by atoms with Crippen molar-refractivity contribution in [3.05, 3.63) is 18.2 Å². The molecule has 6 nitrogen and oxygen atoms in total. The molecule has 0 saturated carbocycles. The average Bonchev–Trinajstić information content (AvgIpc) is 2.44. The van der Waals surface area contributed by atoms with E-state index in [9.17, 15) is 8.42 Å². The minimum atomic E-state index is -3.72. The molecule has 0 spiro atoms. The van der Waals surface area contributed by atoms with Crippen molar-refractivity contribution in [1.82, 2.24) is 0 Å². The van der Waals surface area contributed by atoms with Gasteiger partial charge < -0.3 is 15.4 Å². The zero-order valence-corrected chi connectivity index (χ0v) is 13.1. The summed E-state index contributed by atoms with van der Waals surface area (Å²) in [5, 5.41) is 5.11. The van der Waals surface area contributed by atoms with Gasteiger partial charge in [0.05, 0.1) is 22.4 Å². The number of hydrogen-bond acceptors (Lipinski definition) is 5. The summed E-state index contributed by atoms with van der Waals surface area (Å²) >= 11 is 0. The number of nitrogen functional groups attached to an aromatic ring is 1. The van der Waals surface area contributed by atoms with Crippen LogP contribution in [0.2, 0.25) is 0 Å². The third kappa shape index (κ3) is 4.09. The maximum Gasteiger partial charge on any atom is 0.238 e. The van der Waals surface area contributed by atoms with Crippen molar-refractivity contribution < 1.29 is 13.2 Å². The fourth-order valence-corrected chi connectivity index (χ4v) is 3.12. The van der Waals surface area contributed by atoms with Crippen LogP contribution >= 0.6 is 0 Å². The zero-order chi connectivity index (χ0) is 15.5. The highest BCUT2D eigenvalue weighted by Crippen LogP contribution is 2.29. The molecule has 1 aromatic rings. The first-order valence-corrected chi connectivity index (χ1v) is 8.75. The van der Waals surface area contributed by atoms with Crippen LogP contribution in [0, 0.1) is 0 Å². The Morgan fingerprint density at radius 1 is 1.43 bits per heavy atom. The Labute approximate surface area is 126 Å². The molecule has 0 amide bonds. The van der Waals surface area contributed by atoms with Gasteiger partial charge in [-0.2, -0.15) is 0 Å². The SMILES string of the molecule is CCCOC1CCCN(c2ccc(S(N)(=O)=O)cc2N)C1. The molecular formula is C14H23N3O3S. The van der Waals surface area contributed by atoms with Crippen LogP contribution in [-0.2, 0) is 14.8 Å². The standard InChI is InChI=1S/C14H23N3O3S/c1-2-8-20-11-4-3-7-17(10-11)14-6-5-12(9-13(14)15)21(16,18)19/h5-6,9,11H,2-4,7-8,10,15H2,1H3,(H2,16,18,19). The van der Waals surface area contributed by atoms with E-state index in [1.165, 1.54) is 12.1 Å². The van der Waals surface area contributed by atoms with Gasteiger partial charge in [-0.05, 0) is 37.5 Å². The van der Waals surface area contributed by atoms with E-state index in [-0.39, 0.29) is 11.0 Å². The van der Waals surface area contributed by atoms with Gasteiger partial charge in [-0.1, -0.05) is 6.92 Å². The third-order valence-electron chi connectivity index (χ3n) is 3.60. The summed E-state index contributed by atoms with van der Waals surface area (Å²) < 4.78 is 28.5. The fraction of sp³-hybridized carbons (Fsp3) is 0.571. The van der Waals surface area contributed by atoms with Gasteiger partial charge in [0.15, 0.2) is 0 Å². The molecule has 0 bridgehead atoms. The van der Waals surface area contributed by atoms with Crippen LogP contribution in [0.1, 0.15) is 26.2 Å². The number of piperidine rings is 1. The number of nitrogens with zero attached hydrogens (tertiary/aromatic N) is 1. The van der Waals surface area contributed by atoms with E-state index < -0.39 is 10.0 Å². The Hall–Kier alpha value is -1.31. The topological polar surface area (TPSA) is 98.6 Å². The Morgan fingerprint density at radius 2 is 2.19 bits per heavy atom. The number of primary sulfonamides is 1. The normalized spacial score (nSPS) is 19.7. The predicted octanol–water partition coefficient (Wildman–Crippen LogP) is 1.31. The molecule has 21 heavy (non-hydrogen) atoms. The number of sulfonamides is 1. The Balaban J connectivity index is 2.14. The summed E-state index contributed by atoms with van der Waals surface area (Å²) in [4.78, 5) is 2.19. The van der Waals surface area contributed by atoms with Gasteiger partial charge in [0, 0.05) is 19.7 Å². The molecule has 0 aromatic heterocycles. The molecule has 0 aliphatic carbocycles. The van der Waals surface area contributed by atoms with Crippen molar-refractivity contribution in [3.63, 3.8) is 0 Å². The van der Waals surface area contributed by atoms with E-state index in [1.54, 1.807) is 6.07 Å². The van der Waals surface area contributed by atoms with Crippen LogP contribution in [0.5, 0.6) is 0 Å². The lowest BCUT2D eigenvalue weighted by Crippen LogP contribution is -2.40. The average molecular weight is 313 g/mol. The second kappa shape index (κ2) is 6.64. The van der Waals surface area contributed by atoms with Gasteiger partial charge in [0.25, 0.3) is 0 Å². The van der Waals surface area contributed by atoms with E-state index in [2.05, 4.69) is 11.8 Å². The van der Waals surface area contributed by atoms with Gasteiger partial charge in [-0.15, -0.1) is 0 Å². The van der Waals surface area contributed by atoms with Crippen LogP contribution in [0.15, 0.2) is 23.1 Å². The van der Waals surface area contributed by atoms with Gasteiger partial charge in [0.1, 0.15) is 0 Å². The maximum absolute atomic E-state index is 11.3. The molecule has 2 rings (SSSR count). The number of hydrogen-bond donors (Lipinski definition) is 2. The second-order valence-electron chi connectivity index (χ2n) is 5.35. The summed E-state index contributed by atoms with van der Waals surface area (Å²) in [5.74, 6) is 0. The highest BCUT2D eigenvalue weighted by Gasteiger charge is 2.22. The first-order valence-electron chi connectivity index (χ1n) is 7.20. The van der Waals surface area contributed by atoms with E-state index >= 15 is 0 Å². The fourth-order valence-electron chi connectivity index (χ4n) is 2.58. The molecule has 7 heteroatoms. The number of benzene rings is 1. The first kappa shape index (κ1) is 16.1. The highest BCUT2D eigenvalue weighted by atomic mass is 32.2. The van der Waals surface area contributed by atoms with E-state index in [0.29, 0.717) is 5.69 Å². The molecule has 1 heterocycles.